The van der Waals surface area contributed by atoms with E-state index in [1.54, 1.807) is 6.08 Å². The second-order valence-electron chi connectivity index (χ2n) is 6.11. The summed E-state index contributed by atoms with van der Waals surface area (Å²) in [6, 6.07) is 17.7. The van der Waals surface area contributed by atoms with Crippen LogP contribution in [0.25, 0.3) is 22.3 Å². The molecule has 0 radical (unpaired) electrons. The highest BCUT2D eigenvalue weighted by molar-refractivity contribution is 6.31. The summed E-state index contributed by atoms with van der Waals surface area (Å²) in [4.78, 5) is 4.84. The molecule has 0 amide bonds. The van der Waals surface area contributed by atoms with Gasteiger partial charge in [-0.2, -0.15) is 0 Å². The summed E-state index contributed by atoms with van der Waals surface area (Å²) < 4.78 is 6.09. The lowest BCUT2D eigenvalue weighted by molar-refractivity contribution is 0.618. The number of rotatable bonds is 6. The van der Waals surface area contributed by atoms with E-state index in [0.717, 1.165) is 34.1 Å². The number of halogens is 1. The molecule has 1 heterocycles. The molecule has 0 aliphatic rings. The number of nitrogens with zero attached hydrogens (tertiary/aromatic N) is 1. The zero-order valence-electron chi connectivity index (χ0n) is 15.4. The average Bonchev–Trinajstić information content (AvgIpc) is 2.69. The summed E-state index contributed by atoms with van der Waals surface area (Å²) in [7, 11) is 0. The standard InChI is InChI=1S/C24H22ClNO/c1-3-8-18(9-4-2)14-15-26-22-17-24(19-10-6-5-7-11-19)27-23-13-12-20(25)16-21(22)23/h3-13,16-17H,1,14-15H2,2H3. The van der Waals surface area contributed by atoms with Crippen LogP contribution < -0.4 is 5.36 Å². The number of fused-ring (bicyclic) bond motifs is 1. The van der Waals surface area contributed by atoms with Crippen LogP contribution in [0.1, 0.15) is 13.3 Å². The molecular formula is C24H22ClNO. The third-order valence-corrected chi connectivity index (χ3v) is 4.39. The number of hydrogen-bond acceptors (Lipinski definition) is 2. The van der Waals surface area contributed by atoms with Crippen LogP contribution in [0.2, 0.25) is 5.02 Å². The van der Waals surface area contributed by atoms with Crippen molar-refractivity contribution in [2.75, 3.05) is 6.54 Å². The molecule has 3 heteroatoms. The summed E-state index contributed by atoms with van der Waals surface area (Å²) in [5.74, 6) is 0.791. The number of benzene rings is 2. The second-order valence-corrected chi connectivity index (χ2v) is 6.55. The lowest BCUT2D eigenvalue weighted by Gasteiger charge is -2.06. The molecule has 136 valence electrons. The molecule has 0 spiro atoms. The summed E-state index contributed by atoms with van der Waals surface area (Å²) in [5.41, 5.74) is 2.99. The van der Waals surface area contributed by atoms with Crippen LogP contribution in [0.15, 0.2) is 100 Å². The highest BCUT2D eigenvalue weighted by atomic mass is 35.5. The molecule has 27 heavy (non-hydrogen) atoms. The Hall–Kier alpha value is -2.84. The summed E-state index contributed by atoms with van der Waals surface area (Å²) in [6.45, 7) is 6.46. The molecule has 1 aromatic heterocycles. The summed E-state index contributed by atoms with van der Waals surface area (Å²) in [6.07, 6.45) is 8.77. The largest absolute Gasteiger partial charge is 0.456 e. The van der Waals surface area contributed by atoms with E-state index in [0.29, 0.717) is 11.6 Å². The molecule has 3 rings (SSSR count). The molecule has 0 fully saturated rings. The van der Waals surface area contributed by atoms with Crippen LogP contribution in [0.4, 0.5) is 0 Å². The fourth-order valence-corrected chi connectivity index (χ4v) is 3.08. The van der Waals surface area contributed by atoms with E-state index in [1.165, 1.54) is 5.57 Å². The molecule has 2 aromatic carbocycles. The Morgan fingerprint density at radius 3 is 2.70 bits per heavy atom. The van der Waals surface area contributed by atoms with Crippen LogP contribution in [-0.2, 0) is 0 Å². The van der Waals surface area contributed by atoms with E-state index >= 15 is 0 Å². The predicted molar refractivity (Wildman–Crippen MR) is 115 cm³/mol. The molecule has 0 aliphatic carbocycles. The van der Waals surface area contributed by atoms with Gasteiger partial charge in [0.15, 0.2) is 0 Å². The van der Waals surface area contributed by atoms with Crippen LogP contribution >= 0.6 is 11.6 Å². The van der Waals surface area contributed by atoms with Crippen LogP contribution in [-0.4, -0.2) is 6.54 Å². The third-order valence-electron chi connectivity index (χ3n) is 4.16. The van der Waals surface area contributed by atoms with Crippen molar-refractivity contribution in [2.24, 2.45) is 4.99 Å². The molecule has 3 aromatic rings. The van der Waals surface area contributed by atoms with Crippen LogP contribution in [0.5, 0.6) is 0 Å². The van der Waals surface area contributed by atoms with Crippen molar-refractivity contribution in [3.8, 4) is 11.3 Å². The molecule has 0 N–H and O–H groups in total. The van der Waals surface area contributed by atoms with Gasteiger partial charge in [0.05, 0.1) is 5.36 Å². The van der Waals surface area contributed by atoms with Gasteiger partial charge in [-0.1, -0.05) is 72.8 Å². The van der Waals surface area contributed by atoms with Gasteiger partial charge in [-0.05, 0) is 37.1 Å². The minimum atomic E-state index is 0.669. The monoisotopic (exact) mass is 375 g/mol. The van der Waals surface area contributed by atoms with E-state index < -0.39 is 0 Å². The first-order valence-electron chi connectivity index (χ1n) is 8.95. The highest BCUT2D eigenvalue weighted by Gasteiger charge is 2.06. The van der Waals surface area contributed by atoms with E-state index in [9.17, 15) is 0 Å². The molecule has 0 atom stereocenters. The Morgan fingerprint density at radius 1 is 1.15 bits per heavy atom. The molecular weight excluding hydrogens is 354 g/mol. The van der Waals surface area contributed by atoms with Gasteiger partial charge in [-0.15, -0.1) is 0 Å². The minimum Gasteiger partial charge on any atom is -0.456 e. The van der Waals surface area contributed by atoms with Gasteiger partial charge < -0.3 is 4.42 Å². The van der Waals surface area contributed by atoms with E-state index in [-0.39, 0.29) is 0 Å². The Kier molecular flexibility index (Phi) is 6.45. The summed E-state index contributed by atoms with van der Waals surface area (Å²) >= 11 is 6.20. The Bertz CT molecular complexity index is 1060. The average molecular weight is 376 g/mol. The lowest BCUT2D eigenvalue weighted by atomic mass is 10.1. The maximum Gasteiger partial charge on any atom is 0.136 e. The van der Waals surface area contributed by atoms with E-state index in [2.05, 4.69) is 12.7 Å². The van der Waals surface area contributed by atoms with Gasteiger partial charge in [0.2, 0.25) is 0 Å². The molecule has 0 saturated heterocycles. The second kappa shape index (κ2) is 9.20. The predicted octanol–water partition coefficient (Wildman–Crippen LogP) is 6.73. The molecule has 0 bridgehead atoms. The molecule has 2 nitrogen and oxygen atoms in total. The summed E-state index contributed by atoms with van der Waals surface area (Å²) in [5, 5.41) is 2.47. The van der Waals surface area contributed by atoms with E-state index in [4.69, 9.17) is 21.0 Å². The van der Waals surface area contributed by atoms with Gasteiger partial charge in [0, 0.05) is 28.6 Å². The first-order chi connectivity index (χ1) is 13.2. The number of hydrogen-bond donors (Lipinski definition) is 0. The topological polar surface area (TPSA) is 25.5 Å². The first kappa shape index (κ1) is 18.9. The van der Waals surface area contributed by atoms with Gasteiger partial charge in [0.25, 0.3) is 0 Å². The highest BCUT2D eigenvalue weighted by Crippen LogP contribution is 2.23. The smallest absolute Gasteiger partial charge is 0.136 e. The van der Waals surface area contributed by atoms with Gasteiger partial charge in [0.1, 0.15) is 11.3 Å². The first-order valence-corrected chi connectivity index (χ1v) is 9.32. The Labute approximate surface area is 164 Å². The van der Waals surface area contributed by atoms with Gasteiger partial charge in [-0.3, -0.25) is 4.99 Å². The maximum absolute atomic E-state index is 6.20. The normalized spacial score (nSPS) is 12.8. The Morgan fingerprint density at radius 2 is 1.96 bits per heavy atom. The molecule has 0 saturated carbocycles. The zero-order valence-corrected chi connectivity index (χ0v) is 16.1. The van der Waals surface area contributed by atoms with Crippen molar-refractivity contribution < 1.29 is 4.42 Å². The van der Waals surface area contributed by atoms with E-state index in [1.807, 2.05) is 73.7 Å². The molecule has 0 aliphatic heterocycles. The fraction of sp³-hybridized carbons (Fsp3) is 0.125. The molecule has 0 unspecified atom stereocenters. The third kappa shape index (κ3) is 4.87. The fourth-order valence-electron chi connectivity index (χ4n) is 2.91. The lowest BCUT2D eigenvalue weighted by Crippen LogP contribution is -2.05. The number of allylic oxidation sites excluding steroid dienone is 4. The van der Waals surface area contributed by atoms with Crippen molar-refractivity contribution >= 4 is 22.6 Å². The van der Waals surface area contributed by atoms with Gasteiger partial charge >= 0.3 is 0 Å². The maximum atomic E-state index is 6.20. The van der Waals surface area contributed by atoms with Gasteiger partial charge in [-0.25, -0.2) is 0 Å². The van der Waals surface area contributed by atoms with Crippen molar-refractivity contribution in [3.05, 3.63) is 101 Å². The quantitative estimate of drug-likeness (QED) is 0.438. The zero-order chi connectivity index (χ0) is 19.1. The minimum absolute atomic E-state index is 0.669. The SMILES string of the molecule is C=CC=C(C=CC)CCN=c1cc(-c2ccccc2)oc2ccc(Cl)cc12. The van der Waals surface area contributed by atoms with Crippen LogP contribution in [0, 0.1) is 0 Å². The van der Waals surface area contributed by atoms with Crippen molar-refractivity contribution in [3.63, 3.8) is 0 Å². The van der Waals surface area contributed by atoms with Crippen molar-refractivity contribution in [1.82, 2.24) is 0 Å². The van der Waals surface area contributed by atoms with Crippen molar-refractivity contribution in [2.45, 2.75) is 13.3 Å². The van der Waals surface area contributed by atoms with Crippen LogP contribution in [0.3, 0.4) is 0 Å². The Balaban J connectivity index is 2.05. The van der Waals surface area contributed by atoms with Crippen molar-refractivity contribution in [1.29, 1.82) is 0 Å².